The third-order valence-corrected chi connectivity index (χ3v) is 5.83. The largest absolute Gasteiger partial charge is 0.291 e. The van der Waals surface area contributed by atoms with Crippen LogP contribution in [0.1, 0.15) is 128 Å². The van der Waals surface area contributed by atoms with Crippen molar-refractivity contribution in [1.82, 2.24) is 5.06 Å². The van der Waals surface area contributed by atoms with Crippen LogP contribution in [0.5, 0.6) is 0 Å². The minimum atomic E-state index is 0.192. The van der Waals surface area contributed by atoms with Crippen molar-refractivity contribution >= 4 is 0 Å². The normalized spacial score (nSPS) is 12.6. The highest BCUT2D eigenvalue weighted by atomic mass is 16.7. The highest BCUT2D eigenvalue weighted by molar-refractivity contribution is 5.17. The molecule has 0 saturated heterocycles. The van der Waals surface area contributed by atoms with Gasteiger partial charge in [0.15, 0.2) is 0 Å². The van der Waals surface area contributed by atoms with E-state index in [9.17, 15) is 0 Å². The van der Waals surface area contributed by atoms with Gasteiger partial charge in [0.05, 0.1) is 0 Å². The number of unbranched alkanes of at least 4 members (excludes halogenated alkanes) is 15. The minimum absolute atomic E-state index is 0.192. The second kappa shape index (κ2) is 19.1. The molecular formula is C27H49NO. The predicted molar refractivity (Wildman–Crippen MR) is 128 cm³/mol. The van der Waals surface area contributed by atoms with Crippen molar-refractivity contribution in [3.8, 4) is 0 Å². The second-order valence-corrected chi connectivity index (χ2v) is 8.91. The summed E-state index contributed by atoms with van der Waals surface area (Å²) in [6, 6.07) is 10.6. The van der Waals surface area contributed by atoms with E-state index < -0.39 is 0 Å². The van der Waals surface area contributed by atoms with Crippen LogP contribution in [0, 0.1) is 0 Å². The molecule has 1 aromatic rings. The fourth-order valence-electron chi connectivity index (χ4n) is 4.08. The van der Waals surface area contributed by atoms with Crippen LogP contribution in [-0.4, -0.2) is 19.2 Å². The number of benzene rings is 1. The molecule has 0 heterocycles. The van der Waals surface area contributed by atoms with Gasteiger partial charge in [-0.25, -0.2) is 0 Å². The summed E-state index contributed by atoms with van der Waals surface area (Å²) in [7, 11) is 3.95. The lowest BCUT2D eigenvalue weighted by Crippen LogP contribution is -2.17. The van der Waals surface area contributed by atoms with Gasteiger partial charge in [-0.2, -0.15) is 5.06 Å². The van der Waals surface area contributed by atoms with E-state index in [0.717, 1.165) is 6.42 Å². The Hall–Kier alpha value is -0.860. The Morgan fingerprint density at radius 3 is 1.45 bits per heavy atom. The van der Waals surface area contributed by atoms with Gasteiger partial charge in [0.25, 0.3) is 0 Å². The second-order valence-electron chi connectivity index (χ2n) is 8.91. The molecule has 0 bridgehead atoms. The molecule has 0 saturated carbocycles. The summed E-state index contributed by atoms with van der Waals surface area (Å²) in [4.78, 5) is 5.99. The molecule has 1 atom stereocenters. The Morgan fingerprint density at radius 1 is 0.621 bits per heavy atom. The quantitative estimate of drug-likeness (QED) is 0.159. The standard InChI is InChI=1S/C27H49NO/c1-4-5-6-7-8-9-10-11-12-13-14-15-16-17-18-22-25-27(29-28(2)3)26-23-20-19-21-24-26/h19-21,23-24,27H,4-18,22,25H2,1-3H3. The fourth-order valence-corrected chi connectivity index (χ4v) is 4.08. The molecule has 1 aromatic carbocycles. The van der Waals surface area contributed by atoms with Crippen molar-refractivity contribution in [1.29, 1.82) is 0 Å². The van der Waals surface area contributed by atoms with E-state index in [1.54, 1.807) is 0 Å². The van der Waals surface area contributed by atoms with E-state index >= 15 is 0 Å². The summed E-state index contributed by atoms with van der Waals surface area (Å²) in [5.74, 6) is 0. The van der Waals surface area contributed by atoms with Gasteiger partial charge in [0.1, 0.15) is 6.10 Å². The van der Waals surface area contributed by atoms with Gasteiger partial charge in [0, 0.05) is 14.1 Å². The zero-order valence-corrected chi connectivity index (χ0v) is 19.8. The van der Waals surface area contributed by atoms with Crippen molar-refractivity contribution in [3.63, 3.8) is 0 Å². The maximum atomic E-state index is 5.99. The van der Waals surface area contributed by atoms with Crippen LogP contribution in [0.15, 0.2) is 30.3 Å². The van der Waals surface area contributed by atoms with E-state index in [4.69, 9.17) is 4.84 Å². The number of hydroxylamine groups is 2. The van der Waals surface area contributed by atoms with Gasteiger partial charge >= 0.3 is 0 Å². The van der Waals surface area contributed by atoms with E-state index in [0.29, 0.717) is 0 Å². The molecule has 29 heavy (non-hydrogen) atoms. The van der Waals surface area contributed by atoms with Gasteiger partial charge < -0.3 is 0 Å². The van der Waals surface area contributed by atoms with E-state index in [2.05, 4.69) is 37.3 Å². The molecule has 1 unspecified atom stereocenters. The Balaban J connectivity index is 1.91. The maximum Gasteiger partial charge on any atom is 0.104 e. The van der Waals surface area contributed by atoms with Gasteiger partial charge in [-0.3, -0.25) is 4.84 Å². The molecule has 0 N–H and O–H groups in total. The molecule has 0 aromatic heterocycles. The van der Waals surface area contributed by atoms with Crippen molar-refractivity contribution in [3.05, 3.63) is 35.9 Å². The molecular weight excluding hydrogens is 354 g/mol. The zero-order valence-electron chi connectivity index (χ0n) is 19.8. The van der Waals surface area contributed by atoms with Gasteiger partial charge in [0.2, 0.25) is 0 Å². The van der Waals surface area contributed by atoms with Crippen molar-refractivity contribution in [2.45, 2.75) is 122 Å². The summed E-state index contributed by atoms with van der Waals surface area (Å²) in [6.45, 7) is 2.29. The van der Waals surface area contributed by atoms with Crippen LogP contribution >= 0.6 is 0 Å². The highest BCUT2D eigenvalue weighted by Crippen LogP contribution is 2.24. The molecule has 168 valence electrons. The van der Waals surface area contributed by atoms with Crippen LogP contribution in [0.3, 0.4) is 0 Å². The molecule has 0 fully saturated rings. The van der Waals surface area contributed by atoms with E-state index in [1.807, 2.05) is 19.2 Å². The van der Waals surface area contributed by atoms with Crippen LogP contribution < -0.4 is 0 Å². The first-order valence-electron chi connectivity index (χ1n) is 12.6. The molecule has 2 nitrogen and oxygen atoms in total. The van der Waals surface area contributed by atoms with Gasteiger partial charge in [-0.15, -0.1) is 0 Å². The number of hydrogen-bond acceptors (Lipinski definition) is 2. The number of rotatable bonds is 20. The van der Waals surface area contributed by atoms with Gasteiger partial charge in [-0.1, -0.05) is 140 Å². The summed E-state index contributed by atoms with van der Waals surface area (Å²) in [6.07, 6.45) is 24.0. The average Bonchev–Trinajstić information content (AvgIpc) is 2.73. The molecule has 0 radical (unpaired) electrons. The molecule has 1 rings (SSSR count). The summed E-state index contributed by atoms with van der Waals surface area (Å²) >= 11 is 0. The van der Waals surface area contributed by atoms with E-state index in [-0.39, 0.29) is 6.10 Å². The lowest BCUT2D eigenvalue weighted by atomic mass is 10.0. The number of nitrogens with zero attached hydrogens (tertiary/aromatic N) is 1. The summed E-state index contributed by atoms with van der Waals surface area (Å²) in [5.41, 5.74) is 1.29. The lowest BCUT2D eigenvalue weighted by molar-refractivity contribution is -0.169. The Labute approximate surface area is 182 Å². The Bertz CT molecular complexity index is 445. The van der Waals surface area contributed by atoms with Crippen molar-refractivity contribution in [2.24, 2.45) is 0 Å². The first-order chi connectivity index (χ1) is 14.2. The fraction of sp³-hybridized carbons (Fsp3) is 0.778. The average molecular weight is 404 g/mol. The van der Waals surface area contributed by atoms with Crippen LogP contribution in [0.2, 0.25) is 0 Å². The third kappa shape index (κ3) is 15.6. The van der Waals surface area contributed by atoms with Crippen LogP contribution in [0.4, 0.5) is 0 Å². The van der Waals surface area contributed by atoms with Crippen molar-refractivity contribution < 1.29 is 4.84 Å². The zero-order chi connectivity index (χ0) is 21.0. The first kappa shape index (κ1) is 26.2. The SMILES string of the molecule is CCCCCCCCCCCCCCCCCCC(ON(C)C)c1ccccc1. The molecule has 0 aliphatic carbocycles. The monoisotopic (exact) mass is 403 g/mol. The van der Waals surface area contributed by atoms with Gasteiger partial charge in [-0.05, 0) is 12.0 Å². The smallest absolute Gasteiger partial charge is 0.104 e. The molecule has 0 amide bonds. The first-order valence-corrected chi connectivity index (χ1v) is 12.6. The predicted octanol–water partition coefficient (Wildman–Crippen LogP) is 8.87. The van der Waals surface area contributed by atoms with Crippen molar-refractivity contribution in [2.75, 3.05) is 14.1 Å². The molecule has 0 aliphatic heterocycles. The number of hydrogen-bond donors (Lipinski definition) is 0. The highest BCUT2D eigenvalue weighted by Gasteiger charge is 2.12. The molecule has 2 heteroatoms. The van der Waals surface area contributed by atoms with Crippen LogP contribution in [-0.2, 0) is 4.84 Å². The minimum Gasteiger partial charge on any atom is -0.291 e. The van der Waals surface area contributed by atoms with E-state index in [1.165, 1.54) is 108 Å². The molecule has 0 spiro atoms. The Kier molecular flexibility index (Phi) is 17.3. The van der Waals surface area contributed by atoms with Crippen LogP contribution in [0.25, 0.3) is 0 Å². The topological polar surface area (TPSA) is 12.5 Å². The molecule has 0 aliphatic rings. The summed E-state index contributed by atoms with van der Waals surface area (Å²) < 4.78 is 0. The third-order valence-electron chi connectivity index (χ3n) is 5.83. The Morgan fingerprint density at radius 2 is 1.03 bits per heavy atom. The maximum absolute atomic E-state index is 5.99. The lowest BCUT2D eigenvalue weighted by Gasteiger charge is -2.22. The summed E-state index contributed by atoms with van der Waals surface area (Å²) in [5, 5.41) is 1.84.